The molecule has 0 bridgehead atoms. The number of fused-ring (bicyclic) bond motifs is 1. The third-order valence-electron chi connectivity index (χ3n) is 4.45. The molecule has 3 rings (SSSR count). The van der Waals surface area contributed by atoms with Crippen LogP contribution in [0.1, 0.15) is 12.0 Å². The van der Waals surface area contributed by atoms with E-state index < -0.39 is 4.92 Å². The molecule has 0 unspecified atom stereocenters. The van der Waals surface area contributed by atoms with Crippen LogP contribution in [0.5, 0.6) is 0 Å². The topological polar surface area (TPSA) is 81.3 Å². The summed E-state index contributed by atoms with van der Waals surface area (Å²) in [6, 6.07) is 11.6. The summed E-state index contributed by atoms with van der Waals surface area (Å²) in [5.41, 5.74) is 2.02. The molecule has 2 aromatic carbocycles. The molecule has 3 aromatic rings. The summed E-state index contributed by atoms with van der Waals surface area (Å²) in [5, 5.41) is 11.9. The second-order valence-corrected chi connectivity index (χ2v) is 7.94. The Hall–Kier alpha value is -2.65. The summed E-state index contributed by atoms with van der Waals surface area (Å²) in [6.07, 6.45) is 0.813. The molecule has 0 saturated carbocycles. The van der Waals surface area contributed by atoms with E-state index in [9.17, 15) is 14.9 Å². The number of thioether (sulfide) groups is 1. The largest absolute Gasteiger partial charge is 0.309 e. The van der Waals surface area contributed by atoms with Gasteiger partial charge >= 0.3 is 0 Å². The van der Waals surface area contributed by atoms with Crippen LogP contribution in [0.2, 0.25) is 0 Å². The summed E-state index contributed by atoms with van der Waals surface area (Å²) in [7, 11) is 9.84. The van der Waals surface area contributed by atoms with E-state index in [1.807, 2.05) is 14.1 Å². The Morgan fingerprint density at radius 3 is 2.59 bits per heavy atom. The van der Waals surface area contributed by atoms with E-state index in [1.54, 1.807) is 34.9 Å². The van der Waals surface area contributed by atoms with Gasteiger partial charge < -0.3 is 4.90 Å². The zero-order valence-corrected chi connectivity index (χ0v) is 17.2. The lowest BCUT2D eigenvalue weighted by Gasteiger charge is -2.15. The molecular weight excluding hydrogens is 387 g/mol. The molecule has 0 saturated heterocycles. The van der Waals surface area contributed by atoms with Crippen molar-refractivity contribution in [1.29, 1.82) is 0 Å². The minimum Gasteiger partial charge on any atom is -0.309 e. The predicted molar refractivity (Wildman–Crippen MR) is 117 cm³/mol. The van der Waals surface area contributed by atoms with Crippen molar-refractivity contribution in [3.8, 4) is 0 Å². The van der Waals surface area contributed by atoms with Crippen molar-refractivity contribution in [3.05, 3.63) is 68.5 Å². The molecule has 7 nitrogen and oxygen atoms in total. The Kier molecular flexibility index (Phi) is 6.71. The van der Waals surface area contributed by atoms with Crippen molar-refractivity contribution in [1.82, 2.24) is 14.5 Å². The predicted octanol–water partition coefficient (Wildman–Crippen LogP) is 2.34. The highest BCUT2D eigenvalue weighted by Gasteiger charge is 2.13. The fourth-order valence-electron chi connectivity index (χ4n) is 2.93. The van der Waals surface area contributed by atoms with E-state index in [2.05, 4.69) is 9.88 Å². The summed E-state index contributed by atoms with van der Waals surface area (Å²) in [6.45, 7) is 1.41. The zero-order valence-electron chi connectivity index (χ0n) is 16.4. The van der Waals surface area contributed by atoms with E-state index in [4.69, 9.17) is 7.85 Å². The van der Waals surface area contributed by atoms with Crippen LogP contribution in [0.3, 0.4) is 0 Å². The van der Waals surface area contributed by atoms with Crippen LogP contribution < -0.4 is 11.0 Å². The number of nitro benzene ring substituents is 1. The average molecular weight is 408 g/mol. The van der Waals surface area contributed by atoms with Gasteiger partial charge in [0.15, 0.2) is 5.16 Å². The molecule has 0 amide bonds. The first-order valence-corrected chi connectivity index (χ1v) is 10.1. The Morgan fingerprint density at radius 2 is 1.93 bits per heavy atom. The van der Waals surface area contributed by atoms with Gasteiger partial charge in [0.1, 0.15) is 7.85 Å². The van der Waals surface area contributed by atoms with E-state index in [-0.39, 0.29) is 11.2 Å². The number of aromatic nitrogens is 2. The lowest BCUT2D eigenvalue weighted by Crippen LogP contribution is -2.26. The van der Waals surface area contributed by atoms with Crippen LogP contribution in [0.4, 0.5) is 5.69 Å². The van der Waals surface area contributed by atoms with Gasteiger partial charge in [0.2, 0.25) is 0 Å². The Morgan fingerprint density at radius 1 is 1.21 bits per heavy atom. The molecular formula is C20H21BN4O3S. The number of hydrogen-bond acceptors (Lipinski definition) is 6. The first-order valence-electron chi connectivity index (χ1n) is 9.16. The maximum absolute atomic E-state index is 13.1. The van der Waals surface area contributed by atoms with Crippen LogP contribution in [-0.4, -0.2) is 47.9 Å². The van der Waals surface area contributed by atoms with Crippen molar-refractivity contribution >= 4 is 41.7 Å². The van der Waals surface area contributed by atoms with Gasteiger partial charge in [0.25, 0.3) is 11.2 Å². The number of hydrogen-bond donors (Lipinski definition) is 0. The maximum atomic E-state index is 13.1. The highest BCUT2D eigenvalue weighted by atomic mass is 32.2. The van der Waals surface area contributed by atoms with Crippen LogP contribution in [0, 0.1) is 10.1 Å². The second kappa shape index (κ2) is 9.24. The molecule has 0 aliphatic rings. The number of nitro groups is 1. The van der Waals surface area contributed by atoms with E-state index in [0.29, 0.717) is 33.8 Å². The molecule has 1 aromatic heterocycles. The standard InChI is InChI=1S/C20H21BN4O3S/c1-23(2)10-3-11-24-19(26)17-12-15(21)6-9-18(17)22-20(24)29-13-14-4-7-16(8-5-14)25(27)28/h4-9,12H,3,10-11,13H2,1-2H3. The normalized spacial score (nSPS) is 11.3. The molecule has 0 aliphatic carbocycles. The lowest BCUT2D eigenvalue weighted by atomic mass is 9.95. The maximum Gasteiger partial charge on any atom is 0.269 e. The first-order chi connectivity index (χ1) is 13.8. The number of benzene rings is 2. The Bertz CT molecular complexity index is 1080. The molecule has 1 heterocycles. The van der Waals surface area contributed by atoms with E-state index in [0.717, 1.165) is 18.5 Å². The van der Waals surface area contributed by atoms with Crippen LogP contribution >= 0.6 is 11.8 Å². The van der Waals surface area contributed by atoms with Gasteiger partial charge in [-0.25, -0.2) is 4.98 Å². The van der Waals surface area contributed by atoms with Crippen molar-refractivity contribution in [2.75, 3.05) is 20.6 Å². The first kappa shape index (κ1) is 21.1. The lowest BCUT2D eigenvalue weighted by molar-refractivity contribution is -0.384. The van der Waals surface area contributed by atoms with Gasteiger partial charge in [-0.15, -0.1) is 0 Å². The van der Waals surface area contributed by atoms with Crippen LogP contribution in [0.25, 0.3) is 10.9 Å². The number of non-ortho nitro benzene ring substituents is 1. The van der Waals surface area contributed by atoms with Crippen LogP contribution in [0.15, 0.2) is 52.4 Å². The smallest absolute Gasteiger partial charge is 0.269 e. The highest BCUT2D eigenvalue weighted by molar-refractivity contribution is 7.98. The zero-order chi connectivity index (χ0) is 21.0. The fraction of sp³-hybridized carbons (Fsp3) is 0.300. The Labute approximate surface area is 174 Å². The molecule has 0 N–H and O–H groups in total. The molecule has 9 heteroatoms. The minimum atomic E-state index is -0.421. The molecule has 0 spiro atoms. The molecule has 2 radical (unpaired) electrons. The van der Waals surface area contributed by atoms with Gasteiger partial charge in [0.05, 0.1) is 15.8 Å². The van der Waals surface area contributed by atoms with Gasteiger partial charge in [-0.2, -0.15) is 0 Å². The second-order valence-electron chi connectivity index (χ2n) is 7.00. The number of rotatable bonds is 8. The Balaban J connectivity index is 1.90. The number of nitrogens with zero attached hydrogens (tertiary/aromatic N) is 4. The minimum absolute atomic E-state index is 0.0563. The third kappa shape index (κ3) is 5.24. The molecule has 29 heavy (non-hydrogen) atoms. The van der Waals surface area contributed by atoms with Gasteiger partial charge in [0, 0.05) is 24.4 Å². The van der Waals surface area contributed by atoms with E-state index >= 15 is 0 Å². The van der Waals surface area contributed by atoms with Crippen molar-refractivity contribution < 1.29 is 4.92 Å². The highest BCUT2D eigenvalue weighted by Crippen LogP contribution is 2.23. The third-order valence-corrected chi connectivity index (χ3v) is 5.49. The summed E-state index contributed by atoms with van der Waals surface area (Å²) in [4.78, 5) is 30.2. The fourth-order valence-corrected chi connectivity index (χ4v) is 3.91. The summed E-state index contributed by atoms with van der Waals surface area (Å²) < 4.78 is 1.70. The van der Waals surface area contributed by atoms with Gasteiger partial charge in [-0.05, 0) is 38.7 Å². The van der Waals surface area contributed by atoms with Crippen LogP contribution in [-0.2, 0) is 12.3 Å². The molecule has 0 aliphatic heterocycles. The van der Waals surface area contributed by atoms with Crippen molar-refractivity contribution in [2.24, 2.45) is 0 Å². The monoisotopic (exact) mass is 408 g/mol. The van der Waals surface area contributed by atoms with Crippen molar-refractivity contribution in [2.45, 2.75) is 23.9 Å². The van der Waals surface area contributed by atoms with Gasteiger partial charge in [-0.1, -0.05) is 41.5 Å². The summed E-state index contributed by atoms with van der Waals surface area (Å²) in [5.74, 6) is 0.554. The molecule has 148 valence electrons. The SMILES string of the molecule is [B]c1ccc2nc(SCc3ccc([N+](=O)[O-])cc3)n(CCCN(C)C)c(=O)c2c1. The van der Waals surface area contributed by atoms with Crippen molar-refractivity contribution in [3.63, 3.8) is 0 Å². The quantitative estimate of drug-likeness (QED) is 0.187. The summed E-state index contributed by atoms with van der Waals surface area (Å²) >= 11 is 1.44. The molecule has 0 atom stereocenters. The van der Waals surface area contributed by atoms with E-state index in [1.165, 1.54) is 23.9 Å². The van der Waals surface area contributed by atoms with Gasteiger partial charge in [-0.3, -0.25) is 19.5 Å². The molecule has 0 fully saturated rings. The average Bonchev–Trinajstić information content (AvgIpc) is 2.69.